The highest BCUT2D eigenvalue weighted by Crippen LogP contribution is 2.28. The van der Waals surface area contributed by atoms with Crippen LogP contribution in [0.5, 0.6) is 0 Å². The molecule has 3 heterocycles. The molecule has 2 saturated heterocycles. The number of likely N-dealkylation sites (tertiary alicyclic amines) is 2. The summed E-state index contributed by atoms with van der Waals surface area (Å²) in [5.74, 6) is 0.0183. The van der Waals surface area contributed by atoms with Gasteiger partial charge in [-0.25, -0.2) is 4.98 Å². The van der Waals surface area contributed by atoms with Crippen molar-refractivity contribution in [2.24, 2.45) is 0 Å². The summed E-state index contributed by atoms with van der Waals surface area (Å²) in [6.45, 7) is 4.97. The number of aromatic nitrogens is 1. The Balaban J connectivity index is 1.28. The number of halogens is 1. The smallest absolute Gasteiger partial charge is 0.240 e. The molecule has 0 bridgehead atoms. The molecule has 7 heteroatoms. The molecule has 2 aromatic rings. The second-order valence-corrected chi connectivity index (χ2v) is 8.40. The predicted octanol–water partition coefficient (Wildman–Crippen LogP) is 3.45. The fourth-order valence-electron chi connectivity index (χ4n) is 3.86. The number of amides is 1. The Hall–Kier alpha value is -1.21. The average molecular weight is 379 g/mol. The fourth-order valence-corrected chi connectivity index (χ4v) is 5.02. The van der Waals surface area contributed by atoms with Gasteiger partial charge in [0.05, 0.1) is 16.8 Å². The predicted molar refractivity (Wildman–Crippen MR) is 104 cm³/mol. The van der Waals surface area contributed by atoms with E-state index in [0.717, 1.165) is 29.3 Å². The zero-order valence-electron chi connectivity index (χ0n) is 14.2. The number of nitrogens with zero attached hydrogens (tertiary/aromatic N) is 3. The first kappa shape index (κ1) is 17.2. The van der Waals surface area contributed by atoms with Crippen LogP contribution in [0.25, 0.3) is 10.2 Å². The molecular weight excluding hydrogens is 356 g/mol. The lowest BCUT2D eigenvalue weighted by Gasteiger charge is -2.36. The van der Waals surface area contributed by atoms with Crippen molar-refractivity contribution in [3.05, 3.63) is 23.2 Å². The Morgan fingerprint density at radius 3 is 2.76 bits per heavy atom. The van der Waals surface area contributed by atoms with Crippen LogP contribution in [0, 0.1) is 0 Å². The lowest BCUT2D eigenvalue weighted by Crippen LogP contribution is -2.45. The third-order valence-corrected chi connectivity index (χ3v) is 6.35. The molecule has 1 amide bonds. The topological polar surface area (TPSA) is 48.5 Å². The summed E-state index contributed by atoms with van der Waals surface area (Å²) in [5, 5.41) is 4.27. The first-order valence-corrected chi connectivity index (χ1v) is 10.2. The van der Waals surface area contributed by atoms with E-state index in [1.54, 1.807) is 0 Å². The molecule has 2 fully saturated rings. The van der Waals surface area contributed by atoms with E-state index in [4.69, 9.17) is 11.6 Å². The van der Waals surface area contributed by atoms with E-state index >= 15 is 0 Å². The number of fused-ring (bicyclic) bond motifs is 1. The van der Waals surface area contributed by atoms with Crippen molar-refractivity contribution >= 4 is 44.2 Å². The van der Waals surface area contributed by atoms with Crippen molar-refractivity contribution in [3.63, 3.8) is 0 Å². The van der Waals surface area contributed by atoms with Crippen LogP contribution in [0.1, 0.15) is 25.7 Å². The van der Waals surface area contributed by atoms with Gasteiger partial charge in [-0.2, -0.15) is 0 Å². The van der Waals surface area contributed by atoms with Crippen LogP contribution in [0.4, 0.5) is 5.13 Å². The van der Waals surface area contributed by atoms with Gasteiger partial charge in [0.25, 0.3) is 0 Å². The maximum absolute atomic E-state index is 12.3. The van der Waals surface area contributed by atoms with E-state index in [9.17, 15) is 4.79 Å². The van der Waals surface area contributed by atoms with Crippen molar-refractivity contribution < 1.29 is 4.79 Å². The van der Waals surface area contributed by atoms with Gasteiger partial charge >= 0.3 is 0 Å². The van der Waals surface area contributed by atoms with Gasteiger partial charge in [-0.1, -0.05) is 22.9 Å². The van der Waals surface area contributed by atoms with E-state index < -0.39 is 0 Å². The second kappa shape index (κ2) is 7.58. The second-order valence-electron chi connectivity index (χ2n) is 6.93. The molecule has 2 aliphatic rings. The summed E-state index contributed by atoms with van der Waals surface area (Å²) in [4.78, 5) is 21.7. The van der Waals surface area contributed by atoms with Crippen LogP contribution in [0.3, 0.4) is 0 Å². The van der Waals surface area contributed by atoms with E-state index in [-0.39, 0.29) is 5.91 Å². The number of benzene rings is 1. The van der Waals surface area contributed by atoms with Crippen molar-refractivity contribution in [2.75, 3.05) is 38.0 Å². The number of carbonyl (C=O) groups excluding carboxylic acids is 1. The Morgan fingerprint density at radius 1 is 1.24 bits per heavy atom. The van der Waals surface area contributed by atoms with Crippen molar-refractivity contribution in [2.45, 2.75) is 31.7 Å². The standard InChI is InChI=1S/C18H23ClN4OS/c19-13-3-4-15-16(11-13)25-18(20-15)21-17(24)12-22-9-5-14(6-10-22)23-7-1-2-8-23/h3-4,11,14H,1-2,5-10,12H2,(H,20,21,24). The monoisotopic (exact) mass is 378 g/mol. The van der Waals surface area contributed by atoms with E-state index in [2.05, 4.69) is 20.1 Å². The van der Waals surface area contributed by atoms with Crippen LogP contribution < -0.4 is 5.32 Å². The summed E-state index contributed by atoms with van der Waals surface area (Å²) in [6, 6.07) is 6.30. The number of anilines is 1. The van der Waals surface area contributed by atoms with E-state index in [1.165, 1.54) is 50.1 Å². The van der Waals surface area contributed by atoms with Gasteiger partial charge < -0.3 is 10.2 Å². The van der Waals surface area contributed by atoms with Gasteiger partial charge in [-0.15, -0.1) is 0 Å². The van der Waals surface area contributed by atoms with Crippen molar-refractivity contribution in [1.82, 2.24) is 14.8 Å². The molecular formula is C18H23ClN4OS. The van der Waals surface area contributed by atoms with Gasteiger partial charge in [-0.05, 0) is 57.0 Å². The lowest BCUT2D eigenvalue weighted by molar-refractivity contribution is -0.117. The highest BCUT2D eigenvalue weighted by atomic mass is 35.5. The number of hydrogen-bond donors (Lipinski definition) is 1. The number of nitrogens with one attached hydrogen (secondary N) is 1. The average Bonchev–Trinajstić information content (AvgIpc) is 3.24. The SMILES string of the molecule is O=C(CN1CCC(N2CCCC2)CC1)Nc1nc2ccc(Cl)cc2s1. The summed E-state index contributed by atoms with van der Waals surface area (Å²) in [7, 11) is 0. The fraction of sp³-hybridized carbons (Fsp3) is 0.556. The van der Waals surface area contributed by atoms with E-state index in [1.807, 2.05) is 18.2 Å². The first-order valence-electron chi connectivity index (χ1n) is 9.00. The number of hydrogen-bond acceptors (Lipinski definition) is 5. The molecule has 2 aliphatic heterocycles. The van der Waals surface area contributed by atoms with Gasteiger partial charge in [0.1, 0.15) is 0 Å². The Morgan fingerprint density at radius 2 is 2.00 bits per heavy atom. The Labute approximate surface area is 157 Å². The normalized spacial score (nSPS) is 20.4. The maximum atomic E-state index is 12.3. The quantitative estimate of drug-likeness (QED) is 0.885. The molecule has 0 atom stereocenters. The van der Waals surface area contributed by atoms with Crippen LogP contribution in [0.15, 0.2) is 18.2 Å². The molecule has 1 aromatic carbocycles. The molecule has 1 N–H and O–H groups in total. The van der Waals surface area contributed by atoms with Crippen molar-refractivity contribution in [1.29, 1.82) is 0 Å². The molecule has 134 valence electrons. The third kappa shape index (κ3) is 4.14. The van der Waals surface area contributed by atoms with Crippen molar-refractivity contribution in [3.8, 4) is 0 Å². The zero-order chi connectivity index (χ0) is 17.2. The summed E-state index contributed by atoms with van der Waals surface area (Å²) in [6.07, 6.45) is 5.03. The molecule has 0 radical (unpaired) electrons. The molecule has 0 aliphatic carbocycles. The number of carbonyl (C=O) groups is 1. The molecule has 0 unspecified atom stereocenters. The summed E-state index contributed by atoms with van der Waals surface area (Å²) >= 11 is 7.47. The zero-order valence-corrected chi connectivity index (χ0v) is 15.8. The summed E-state index contributed by atoms with van der Waals surface area (Å²) < 4.78 is 0.995. The Kier molecular flexibility index (Phi) is 5.22. The minimum absolute atomic E-state index is 0.0183. The molecule has 4 rings (SSSR count). The molecule has 1 aromatic heterocycles. The number of piperidine rings is 1. The minimum atomic E-state index is 0.0183. The molecule has 5 nitrogen and oxygen atoms in total. The highest BCUT2D eigenvalue weighted by molar-refractivity contribution is 7.22. The largest absolute Gasteiger partial charge is 0.301 e. The summed E-state index contributed by atoms with van der Waals surface area (Å²) in [5.41, 5.74) is 0.871. The van der Waals surface area contributed by atoms with Gasteiger partial charge in [-0.3, -0.25) is 9.69 Å². The lowest BCUT2D eigenvalue weighted by atomic mass is 10.0. The van der Waals surface area contributed by atoms with Crippen LogP contribution in [-0.2, 0) is 4.79 Å². The Bertz CT molecular complexity index is 751. The molecule has 0 saturated carbocycles. The maximum Gasteiger partial charge on any atom is 0.240 e. The first-order chi connectivity index (χ1) is 12.2. The van der Waals surface area contributed by atoms with Crippen LogP contribution >= 0.6 is 22.9 Å². The van der Waals surface area contributed by atoms with Gasteiger partial charge in [0.15, 0.2) is 5.13 Å². The van der Waals surface area contributed by atoms with Crippen LogP contribution in [0.2, 0.25) is 5.02 Å². The van der Waals surface area contributed by atoms with Gasteiger partial charge in [0.2, 0.25) is 5.91 Å². The number of rotatable bonds is 4. The van der Waals surface area contributed by atoms with Gasteiger partial charge in [0, 0.05) is 24.2 Å². The van der Waals surface area contributed by atoms with Crippen LogP contribution in [-0.4, -0.2) is 59.5 Å². The minimum Gasteiger partial charge on any atom is -0.301 e. The molecule has 0 spiro atoms. The third-order valence-electron chi connectivity index (χ3n) is 5.18. The molecule has 25 heavy (non-hydrogen) atoms. The number of thiazole rings is 1. The highest BCUT2D eigenvalue weighted by Gasteiger charge is 2.27. The van der Waals surface area contributed by atoms with E-state index in [0.29, 0.717) is 16.7 Å².